The first-order chi connectivity index (χ1) is 8.52. The zero-order valence-electron chi connectivity index (χ0n) is 11.3. The zero-order valence-corrected chi connectivity index (χ0v) is 12.1. The van der Waals surface area contributed by atoms with Gasteiger partial charge in [-0.3, -0.25) is 5.32 Å². The highest BCUT2D eigenvalue weighted by atomic mass is 32.1. The molecule has 18 heavy (non-hydrogen) atoms. The van der Waals surface area contributed by atoms with E-state index < -0.39 is 6.09 Å². The van der Waals surface area contributed by atoms with E-state index in [1.54, 1.807) is 0 Å². The number of carbonyl (C=O) groups is 1. The molecule has 0 aliphatic rings. The maximum atomic E-state index is 11.4. The van der Waals surface area contributed by atoms with Crippen molar-refractivity contribution >= 4 is 22.6 Å². The van der Waals surface area contributed by atoms with E-state index in [0.717, 1.165) is 18.7 Å². The summed E-state index contributed by atoms with van der Waals surface area (Å²) < 4.78 is 4.99. The van der Waals surface area contributed by atoms with Gasteiger partial charge in [-0.25, -0.2) is 9.78 Å². The van der Waals surface area contributed by atoms with Gasteiger partial charge in [-0.05, 0) is 33.7 Å². The number of nitrogens with zero attached hydrogens (tertiary/aromatic N) is 1. The van der Waals surface area contributed by atoms with Gasteiger partial charge in [0.15, 0.2) is 5.13 Å². The molecule has 0 bridgehead atoms. The summed E-state index contributed by atoms with van der Waals surface area (Å²) in [5, 5.41) is 8.48. The molecule has 1 aromatic heterocycles. The molecule has 0 aliphatic carbocycles. The Bertz CT molecular complexity index is 379. The third-order valence-electron chi connectivity index (χ3n) is 2.22. The van der Waals surface area contributed by atoms with Crippen LogP contribution in [0.2, 0.25) is 0 Å². The van der Waals surface area contributed by atoms with E-state index in [0.29, 0.717) is 5.13 Å². The van der Waals surface area contributed by atoms with Gasteiger partial charge in [-0.2, -0.15) is 0 Å². The molecule has 0 radical (unpaired) electrons. The van der Waals surface area contributed by atoms with Crippen molar-refractivity contribution in [1.82, 2.24) is 10.3 Å². The highest BCUT2D eigenvalue weighted by Gasteiger charge is 2.12. The molecule has 1 unspecified atom stereocenters. The summed E-state index contributed by atoms with van der Waals surface area (Å²) in [5.41, 5.74) is 0.938. The molecule has 6 heteroatoms. The van der Waals surface area contributed by atoms with Gasteiger partial charge in [0.05, 0.1) is 11.8 Å². The minimum Gasteiger partial charge on any atom is -0.447 e. The summed E-state index contributed by atoms with van der Waals surface area (Å²) in [7, 11) is 0. The molecule has 1 heterocycles. The molecule has 1 amide bonds. The van der Waals surface area contributed by atoms with Crippen LogP contribution in [0.3, 0.4) is 0 Å². The predicted octanol–water partition coefficient (Wildman–Crippen LogP) is 3.16. The molecule has 0 saturated heterocycles. The summed E-state index contributed by atoms with van der Waals surface area (Å²) in [5.74, 6) is 0. The largest absolute Gasteiger partial charge is 0.447 e. The zero-order chi connectivity index (χ0) is 13.5. The molecule has 0 aromatic carbocycles. The standard InChI is InChI=1S/C12H21N3O2S/c1-5-6-13-9(4)10-7-18-11(14-10)15-12(16)17-8(2)3/h7-9,13H,5-6H2,1-4H3,(H,14,15,16). The second kappa shape index (κ2) is 7.33. The number of ether oxygens (including phenoxy) is 1. The first-order valence-corrected chi connectivity index (χ1v) is 7.07. The van der Waals surface area contributed by atoms with Crippen LogP contribution < -0.4 is 10.6 Å². The topological polar surface area (TPSA) is 63.2 Å². The molecular weight excluding hydrogens is 250 g/mol. The van der Waals surface area contributed by atoms with Crippen LogP contribution in [0.4, 0.5) is 9.93 Å². The summed E-state index contributed by atoms with van der Waals surface area (Å²) in [6, 6.07) is 0.192. The second-order valence-corrected chi connectivity index (χ2v) is 5.19. The van der Waals surface area contributed by atoms with Crippen molar-refractivity contribution in [2.45, 2.75) is 46.3 Å². The van der Waals surface area contributed by atoms with E-state index in [2.05, 4.69) is 29.5 Å². The fourth-order valence-electron chi connectivity index (χ4n) is 1.34. The summed E-state index contributed by atoms with van der Waals surface area (Å²) in [6.07, 6.45) is 0.495. The molecule has 102 valence electrons. The molecule has 0 spiro atoms. The van der Waals surface area contributed by atoms with Crippen molar-refractivity contribution in [1.29, 1.82) is 0 Å². The van der Waals surface area contributed by atoms with Crippen LogP contribution in [0.25, 0.3) is 0 Å². The lowest BCUT2D eigenvalue weighted by Crippen LogP contribution is -2.20. The van der Waals surface area contributed by atoms with E-state index >= 15 is 0 Å². The molecule has 1 aromatic rings. The number of hydrogen-bond acceptors (Lipinski definition) is 5. The Morgan fingerprint density at radius 1 is 1.50 bits per heavy atom. The van der Waals surface area contributed by atoms with E-state index in [9.17, 15) is 4.79 Å². The van der Waals surface area contributed by atoms with Crippen LogP contribution in [-0.4, -0.2) is 23.7 Å². The third kappa shape index (κ3) is 5.01. The molecule has 0 aliphatic heterocycles. The Hall–Kier alpha value is -1.14. The fraction of sp³-hybridized carbons (Fsp3) is 0.667. The van der Waals surface area contributed by atoms with E-state index in [1.807, 2.05) is 19.2 Å². The Morgan fingerprint density at radius 2 is 2.22 bits per heavy atom. The van der Waals surface area contributed by atoms with Gasteiger partial charge in [0.25, 0.3) is 0 Å². The lowest BCUT2D eigenvalue weighted by molar-refractivity contribution is 0.130. The van der Waals surface area contributed by atoms with Crippen molar-refractivity contribution in [2.24, 2.45) is 0 Å². The van der Waals surface area contributed by atoms with Crippen LogP contribution >= 0.6 is 11.3 Å². The molecule has 1 rings (SSSR count). The van der Waals surface area contributed by atoms with Crippen LogP contribution in [0.5, 0.6) is 0 Å². The van der Waals surface area contributed by atoms with Crippen molar-refractivity contribution < 1.29 is 9.53 Å². The van der Waals surface area contributed by atoms with E-state index in [1.165, 1.54) is 11.3 Å². The highest BCUT2D eigenvalue weighted by Crippen LogP contribution is 2.20. The normalized spacial score (nSPS) is 12.5. The van der Waals surface area contributed by atoms with Crippen molar-refractivity contribution in [2.75, 3.05) is 11.9 Å². The van der Waals surface area contributed by atoms with Crippen LogP contribution in [0, 0.1) is 0 Å². The maximum Gasteiger partial charge on any atom is 0.413 e. The Morgan fingerprint density at radius 3 is 2.83 bits per heavy atom. The van der Waals surface area contributed by atoms with Gasteiger partial charge >= 0.3 is 6.09 Å². The van der Waals surface area contributed by atoms with Gasteiger partial charge in [0.2, 0.25) is 0 Å². The average Bonchev–Trinajstić information content (AvgIpc) is 2.73. The second-order valence-electron chi connectivity index (χ2n) is 4.33. The van der Waals surface area contributed by atoms with Gasteiger partial charge in [0, 0.05) is 11.4 Å². The number of nitrogens with one attached hydrogen (secondary N) is 2. The number of carbonyl (C=O) groups excluding carboxylic acids is 1. The van der Waals surface area contributed by atoms with E-state index in [-0.39, 0.29) is 12.1 Å². The van der Waals surface area contributed by atoms with Gasteiger partial charge in [0.1, 0.15) is 0 Å². The first kappa shape index (κ1) is 14.9. The van der Waals surface area contributed by atoms with Gasteiger partial charge in [-0.15, -0.1) is 11.3 Å². The molecule has 1 atom stereocenters. The Kier molecular flexibility index (Phi) is 6.07. The summed E-state index contributed by atoms with van der Waals surface area (Å²) in [4.78, 5) is 15.7. The fourth-order valence-corrected chi connectivity index (χ4v) is 2.13. The number of aromatic nitrogens is 1. The minimum atomic E-state index is -0.458. The van der Waals surface area contributed by atoms with Crippen molar-refractivity contribution in [3.63, 3.8) is 0 Å². The predicted molar refractivity (Wildman–Crippen MR) is 74.1 cm³/mol. The van der Waals surface area contributed by atoms with Gasteiger partial charge < -0.3 is 10.1 Å². The summed E-state index contributed by atoms with van der Waals surface area (Å²) in [6.45, 7) is 8.75. The smallest absolute Gasteiger partial charge is 0.413 e. The molecular formula is C12H21N3O2S. The lowest BCUT2D eigenvalue weighted by Gasteiger charge is -2.10. The average molecular weight is 271 g/mol. The quantitative estimate of drug-likeness (QED) is 0.834. The van der Waals surface area contributed by atoms with Crippen LogP contribution in [0.15, 0.2) is 5.38 Å². The number of amides is 1. The third-order valence-corrected chi connectivity index (χ3v) is 2.99. The van der Waals surface area contributed by atoms with Crippen molar-refractivity contribution in [3.8, 4) is 0 Å². The Labute approximate surface area is 112 Å². The molecule has 0 fully saturated rings. The summed E-state index contributed by atoms with van der Waals surface area (Å²) >= 11 is 1.40. The van der Waals surface area contributed by atoms with Crippen molar-refractivity contribution in [3.05, 3.63) is 11.1 Å². The van der Waals surface area contributed by atoms with Crippen LogP contribution in [-0.2, 0) is 4.74 Å². The number of anilines is 1. The molecule has 0 saturated carbocycles. The van der Waals surface area contributed by atoms with Gasteiger partial charge in [-0.1, -0.05) is 6.92 Å². The Balaban J connectivity index is 2.50. The SMILES string of the molecule is CCCNC(C)c1csc(NC(=O)OC(C)C)n1. The maximum absolute atomic E-state index is 11.4. The molecule has 5 nitrogen and oxygen atoms in total. The first-order valence-electron chi connectivity index (χ1n) is 6.19. The molecule has 2 N–H and O–H groups in total. The van der Waals surface area contributed by atoms with Crippen LogP contribution in [0.1, 0.15) is 45.9 Å². The monoisotopic (exact) mass is 271 g/mol. The number of hydrogen-bond donors (Lipinski definition) is 2. The number of thiazole rings is 1. The van der Waals surface area contributed by atoms with E-state index in [4.69, 9.17) is 4.74 Å². The minimum absolute atomic E-state index is 0.130. The number of rotatable bonds is 6. The highest BCUT2D eigenvalue weighted by molar-refractivity contribution is 7.13. The lowest BCUT2D eigenvalue weighted by atomic mass is 10.2.